The standard InChI is InChI=1S/C7H8ClN3O4S/c8-6(12)10-3-4-11(7(10)13)16(14,15)5-1-2-9/h1,3-5H2. The van der Waals surface area contributed by atoms with E-state index >= 15 is 0 Å². The largest absolute Gasteiger partial charge is 0.341 e. The van der Waals surface area contributed by atoms with Crippen LogP contribution in [0.5, 0.6) is 0 Å². The van der Waals surface area contributed by atoms with Crippen molar-refractivity contribution in [3.63, 3.8) is 0 Å². The molecular formula is C7H8ClN3O4S. The van der Waals surface area contributed by atoms with Gasteiger partial charge in [0.1, 0.15) is 0 Å². The normalized spacial score (nSPS) is 16.4. The second kappa shape index (κ2) is 4.67. The highest BCUT2D eigenvalue weighted by molar-refractivity contribution is 7.89. The van der Waals surface area contributed by atoms with Crippen molar-refractivity contribution in [2.75, 3.05) is 18.8 Å². The van der Waals surface area contributed by atoms with Crippen LogP contribution in [0.2, 0.25) is 0 Å². The monoisotopic (exact) mass is 265 g/mol. The Bertz CT molecular complexity index is 455. The molecule has 1 saturated heterocycles. The molecule has 1 aliphatic rings. The molecule has 0 aliphatic carbocycles. The number of nitrogens with zero attached hydrogens (tertiary/aromatic N) is 3. The number of carbonyl (C=O) groups excluding carboxylic acids is 2. The number of hydrogen-bond donors (Lipinski definition) is 0. The number of hydrogen-bond acceptors (Lipinski definition) is 5. The van der Waals surface area contributed by atoms with Gasteiger partial charge in [0, 0.05) is 0 Å². The summed E-state index contributed by atoms with van der Waals surface area (Å²) >= 11 is 5.09. The molecule has 0 aromatic rings. The van der Waals surface area contributed by atoms with Gasteiger partial charge in [-0.1, -0.05) is 0 Å². The lowest BCUT2D eigenvalue weighted by molar-refractivity contribution is 0.205. The van der Waals surface area contributed by atoms with Crippen LogP contribution in [0.25, 0.3) is 0 Å². The summed E-state index contributed by atoms with van der Waals surface area (Å²) in [6, 6.07) is 0.712. The molecule has 1 heterocycles. The van der Waals surface area contributed by atoms with Gasteiger partial charge >= 0.3 is 11.4 Å². The predicted molar refractivity (Wildman–Crippen MR) is 54.1 cm³/mol. The molecule has 16 heavy (non-hydrogen) atoms. The van der Waals surface area contributed by atoms with E-state index in [4.69, 9.17) is 16.9 Å². The van der Waals surface area contributed by atoms with Gasteiger partial charge in [0.2, 0.25) is 10.0 Å². The minimum Gasteiger partial charge on any atom is -0.255 e. The van der Waals surface area contributed by atoms with Crippen molar-refractivity contribution in [3.05, 3.63) is 0 Å². The van der Waals surface area contributed by atoms with E-state index in [1.54, 1.807) is 6.07 Å². The van der Waals surface area contributed by atoms with E-state index in [9.17, 15) is 18.0 Å². The van der Waals surface area contributed by atoms with Gasteiger partial charge < -0.3 is 0 Å². The number of nitriles is 1. The van der Waals surface area contributed by atoms with Crippen LogP contribution in [0, 0.1) is 11.3 Å². The van der Waals surface area contributed by atoms with Crippen LogP contribution in [-0.2, 0) is 10.0 Å². The zero-order valence-electron chi connectivity index (χ0n) is 8.09. The molecule has 0 spiro atoms. The van der Waals surface area contributed by atoms with Crippen molar-refractivity contribution >= 4 is 33.0 Å². The second-order valence-electron chi connectivity index (χ2n) is 2.98. The Morgan fingerprint density at radius 2 is 2.12 bits per heavy atom. The van der Waals surface area contributed by atoms with Crippen molar-refractivity contribution in [2.24, 2.45) is 0 Å². The molecule has 0 bridgehead atoms. The lowest BCUT2D eigenvalue weighted by Gasteiger charge is -2.15. The number of sulfonamides is 1. The topological polar surface area (TPSA) is 98.5 Å². The van der Waals surface area contributed by atoms with Crippen LogP contribution in [0.1, 0.15) is 6.42 Å². The van der Waals surface area contributed by atoms with Crippen LogP contribution in [0.3, 0.4) is 0 Å². The summed E-state index contributed by atoms with van der Waals surface area (Å²) in [5, 5.41) is 7.26. The van der Waals surface area contributed by atoms with E-state index in [0.29, 0.717) is 9.21 Å². The second-order valence-corrected chi connectivity index (χ2v) is 5.32. The molecule has 0 atom stereocenters. The number of urea groups is 1. The maximum atomic E-state index is 11.5. The molecule has 0 unspecified atom stereocenters. The Labute approximate surface area is 97.2 Å². The molecule has 0 N–H and O–H groups in total. The van der Waals surface area contributed by atoms with Gasteiger partial charge in [-0.3, -0.25) is 4.79 Å². The molecule has 1 rings (SSSR count). The summed E-state index contributed by atoms with van der Waals surface area (Å²) in [5.41, 5.74) is 0. The first kappa shape index (κ1) is 12.7. The maximum absolute atomic E-state index is 11.5. The van der Waals surface area contributed by atoms with Crippen molar-refractivity contribution in [2.45, 2.75) is 6.42 Å². The fourth-order valence-corrected chi connectivity index (χ4v) is 2.65. The third-order valence-corrected chi connectivity index (χ3v) is 3.93. The summed E-state index contributed by atoms with van der Waals surface area (Å²) < 4.78 is 23.6. The van der Waals surface area contributed by atoms with Gasteiger partial charge in [0.05, 0.1) is 31.3 Å². The molecule has 88 valence electrons. The Morgan fingerprint density at radius 1 is 1.50 bits per heavy atom. The number of halogens is 1. The molecule has 1 fully saturated rings. The quantitative estimate of drug-likeness (QED) is 0.541. The molecule has 9 heteroatoms. The van der Waals surface area contributed by atoms with Crippen molar-refractivity contribution in [1.82, 2.24) is 9.21 Å². The third kappa shape index (κ3) is 2.43. The average molecular weight is 266 g/mol. The van der Waals surface area contributed by atoms with Crippen LogP contribution >= 0.6 is 11.6 Å². The number of amides is 3. The minimum atomic E-state index is -3.83. The number of carbonyl (C=O) groups is 2. The summed E-state index contributed by atoms with van der Waals surface area (Å²) in [5.74, 6) is -0.445. The molecule has 1 aliphatic heterocycles. The molecule has 0 aromatic heterocycles. The zero-order chi connectivity index (χ0) is 12.3. The Balaban J connectivity index is 2.82. The van der Waals surface area contributed by atoms with E-state index in [0.717, 1.165) is 0 Å². The van der Waals surface area contributed by atoms with Gasteiger partial charge in [0.25, 0.3) is 0 Å². The lowest BCUT2D eigenvalue weighted by atomic mass is 10.6. The Morgan fingerprint density at radius 3 is 2.56 bits per heavy atom. The van der Waals surface area contributed by atoms with Gasteiger partial charge in [-0.15, -0.1) is 0 Å². The van der Waals surface area contributed by atoms with E-state index in [1.807, 2.05) is 0 Å². The maximum Gasteiger partial charge on any atom is 0.341 e. The predicted octanol–water partition coefficient (Wildman–Crippen LogP) is 0.326. The van der Waals surface area contributed by atoms with Crippen LogP contribution in [-0.4, -0.2) is 47.9 Å². The first-order valence-electron chi connectivity index (χ1n) is 4.28. The number of rotatable bonds is 3. The molecule has 7 nitrogen and oxygen atoms in total. The fraction of sp³-hybridized carbons (Fsp3) is 0.571. The Kier molecular flexibility index (Phi) is 3.72. The first-order valence-corrected chi connectivity index (χ1v) is 6.27. The highest BCUT2D eigenvalue weighted by atomic mass is 35.5. The summed E-state index contributed by atoms with van der Waals surface area (Å²) in [4.78, 5) is 22.8. The molecule has 0 saturated carbocycles. The fourth-order valence-electron chi connectivity index (χ4n) is 1.22. The van der Waals surface area contributed by atoms with E-state index in [2.05, 4.69) is 0 Å². The van der Waals surface area contributed by atoms with E-state index in [-0.39, 0.29) is 19.5 Å². The highest BCUT2D eigenvalue weighted by Gasteiger charge is 2.39. The summed E-state index contributed by atoms with van der Waals surface area (Å²) in [6.07, 6.45) is -0.207. The molecule has 0 aromatic carbocycles. The highest BCUT2D eigenvalue weighted by Crippen LogP contribution is 2.16. The van der Waals surface area contributed by atoms with Gasteiger partial charge in [-0.25, -0.2) is 22.4 Å². The summed E-state index contributed by atoms with van der Waals surface area (Å²) in [6.45, 7) is -0.183. The zero-order valence-corrected chi connectivity index (χ0v) is 9.66. The van der Waals surface area contributed by atoms with Gasteiger partial charge in [-0.05, 0) is 11.6 Å². The van der Waals surface area contributed by atoms with Crippen molar-refractivity contribution in [3.8, 4) is 6.07 Å². The Hall–Kier alpha value is -1.33. The minimum absolute atomic E-state index is 0.0625. The smallest absolute Gasteiger partial charge is 0.255 e. The van der Waals surface area contributed by atoms with Crippen LogP contribution in [0.15, 0.2) is 0 Å². The van der Waals surface area contributed by atoms with Gasteiger partial charge in [-0.2, -0.15) is 5.26 Å². The first-order chi connectivity index (χ1) is 7.40. The number of imide groups is 1. The van der Waals surface area contributed by atoms with E-state index < -0.39 is 27.2 Å². The van der Waals surface area contributed by atoms with Gasteiger partial charge in [0.15, 0.2) is 0 Å². The third-order valence-electron chi connectivity index (χ3n) is 1.99. The molecular weight excluding hydrogens is 258 g/mol. The van der Waals surface area contributed by atoms with E-state index in [1.165, 1.54) is 0 Å². The lowest BCUT2D eigenvalue weighted by Crippen LogP contribution is -2.38. The van der Waals surface area contributed by atoms with Crippen molar-refractivity contribution in [1.29, 1.82) is 5.26 Å². The van der Waals surface area contributed by atoms with Crippen LogP contribution in [0.4, 0.5) is 9.59 Å². The SMILES string of the molecule is N#CCCS(=O)(=O)N1CCN(C(=O)Cl)C1=O. The molecule has 3 amide bonds. The van der Waals surface area contributed by atoms with Crippen LogP contribution < -0.4 is 0 Å². The average Bonchev–Trinajstić information content (AvgIpc) is 2.58. The van der Waals surface area contributed by atoms with Crippen molar-refractivity contribution < 1.29 is 18.0 Å². The molecule has 0 radical (unpaired) electrons. The summed E-state index contributed by atoms with van der Waals surface area (Å²) in [7, 11) is -3.83.